The lowest BCUT2D eigenvalue weighted by molar-refractivity contribution is -0.132. The Hall–Kier alpha value is -3.03. The second kappa shape index (κ2) is 5.88. The number of nitrogens with two attached hydrogens (primary N) is 1. The van der Waals surface area contributed by atoms with E-state index in [0.717, 1.165) is 0 Å². The fourth-order valence-corrected chi connectivity index (χ4v) is 2.75. The second-order valence-corrected chi connectivity index (χ2v) is 5.52. The summed E-state index contributed by atoms with van der Waals surface area (Å²) < 4.78 is 5.55. The maximum atomic E-state index is 11.8. The first-order valence-electron chi connectivity index (χ1n) is 7.16. The Morgan fingerprint density at radius 2 is 1.92 bits per heavy atom. The molecule has 0 aliphatic carbocycles. The highest BCUT2D eigenvalue weighted by Gasteiger charge is 2.42. The second-order valence-electron chi connectivity index (χ2n) is 5.52. The summed E-state index contributed by atoms with van der Waals surface area (Å²) in [4.78, 5) is 11.8. The van der Waals surface area contributed by atoms with E-state index >= 15 is 0 Å². The van der Waals surface area contributed by atoms with Crippen LogP contribution in [0, 0.1) is 0 Å². The van der Waals surface area contributed by atoms with Gasteiger partial charge in [-0.25, -0.2) is 5.48 Å². The fraction of sp³-hybridized carbons (Fsp3) is 0.118. The molecule has 0 aromatic heterocycles. The zero-order chi connectivity index (χ0) is 17.3. The minimum Gasteiger partial charge on any atom is -0.508 e. The maximum absolute atomic E-state index is 11.8. The summed E-state index contributed by atoms with van der Waals surface area (Å²) in [6, 6.07) is 10.8. The summed E-state index contributed by atoms with van der Waals surface area (Å²) in [5.41, 5.74) is 7.14. The number of hydrogen-bond donors (Lipinski definition) is 5. The van der Waals surface area contributed by atoms with Gasteiger partial charge < -0.3 is 20.7 Å². The van der Waals surface area contributed by atoms with Gasteiger partial charge in [0.05, 0.1) is 12.7 Å². The molecule has 24 heavy (non-hydrogen) atoms. The molecule has 1 atom stereocenters. The van der Waals surface area contributed by atoms with Crippen LogP contribution < -0.4 is 16.0 Å². The molecule has 7 nitrogen and oxygen atoms in total. The summed E-state index contributed by atoms with van der Waals surface area (Å²) in [7, 11) is 0. The van der Waals surface area contributed by atoms with Gasteiger partial charge in [0.25, 0.3) is 0 Å². The number of aliphatic hydroxyl groups is 1. The molecule has 1 unspecified atom stereocenters. The number of aromatic hydroxyl groups is 1. The predicted octanol–water partition coefficient (Wildman–Crippen LogP) is 1.49. The van der Waals surface area contributed by atoms with Crippen LogP contribution in [0.25, 0.3) is 5.57 Å². The number of rotatable bonds is 3. The van der Waals surface area contributed by atoms with E-state index < -0.39 is 17.9 Å². The number of phenols is 1. The highest BCUT2D eigenvalue weighted by Crippen LogP contribution is 2.47. The number of hydrogen-bond acceptors (Lipinski definition) is 6. The topological polar surface area (TPSA) is 125 Å². The summed E-state index contributed by atoms with van der Waals surface area (Å²) in [5.74, 6) is -0.338. The highest BCUT2D eigenvalue weighted by atomic mass is 16.5. The van der Waals surface area contributed by atoms with Gasteiger partial charge in [-0.15, -0.1) is 0 Å². The van der Waals surface area contributed by atoms with Crippen LogP contribution in [0.4, 0.5) is 5.69 Å². The normalized spacial score (nSPS) is 19.0. The molecule has 0 saturated carbocycles. The Labute approximate surface area is 137 Å². The number of nitrogens with one attached hydrogen (secondary N) is 1. The molecule has 2 aromatic rings. The molecule has 2 aromatic carbocycles. The molecule has 124 valence electrons. The van der Waals surface area contributed by atoms with Gasteiger partial charge in [-0.3, -0.25) is 10.0 Å². The van der Waals surface area contributed by atoms with E-state index in [-0.39, 0.29) is 5.75 Å². The molecule has 1 aliphatic heterocycles. The van der Waals surface area contributed by atoms with Crippen molar-refractivity contribution in [3.8, 4) is 11.5 Å². The van der Waals surface area contributed by atoms with Crippen LogP contribution >= 0.6 is 0 Å². The van der Waals surface area contributed by atoms with Gasteiger partial charge in [-0.05, 0) is 35.9 Å². The van der Waals surface area contributed by atoms with Crippen molar-refractivity contribution in [1.29, 1.82) is 0 Å². The average molecular weight is 328 g/mol. The van der Waals surface area contributed by atoms with Crippen molar-refractivity contribution < 1.29 is 25.0 Å². The number of nitrogen functional groups attached to an aromatic ring is 1. The van der Waals surface area contributed by atoms with E-state index in [1.54, 1.807) is 24.3 Å². The van der Waals surface area contributed by atoms with Crippen LogP contribution in [0.1, 0.15) is 17.5 Å². The van der Waals surface area contributed by atoms with Crippen LogP contribution in [0.3, 0.4) is 0 Å². The molecule has 1 aliphatic rings. The van der Waals surface area contributed by atoms with Gasteiger partial charge in [0.1, 0.15) is 17.1 Å². The van der Waals surface area contributed by atoms with Gasteiger partial charge >= 0.3 is 0 Å². The molecule has 0 saturated heterocycles. The zero-order valence-corrected chi connectivity index (χ0v) is 12.6. The van der Waals surface area contributed by atoms with E-state index in [4.69, 9.17) is 15.7 Å². The van der Waals surface area contributed by atoms with Gasteiger partial charge in [0.15, 0.2) is 0 Å². The van der Waals surface area contributed by atoms with Crippen molar-refractivity contribution in [2.45, 2.75) is 12.0 Å². The molecular formula is C17H16N2O5. The molecule has 0 fully saturated rings. The number of amides is 1. The van der Waals surface area contributed by atoms with Crippen molar-refractivity contribution in [1.82, 2.24) is 5.48 Å². The number of benzene rings is 2. The fourth-order valence-electron chi connectivity index (χ4n) is 2.75. The molecule has 0 bridgehead atoms. The van der Waals surface area contributed by atoms with Crippen LogP contribution in [0.2, 0.25) is 0 Å². The molecule has 7 heteroatoms. The minimum absolute atomic E-state index is 0.0670. The number of hydroxylamine groups is 1. The van der Waals surface area contributed by atoms with Crippen molar-refractivity contribution in [3.63, 3.8) is 0 Å². The third kappa shape index (κ3) is 2.66. The van der Waals surface area contributed by atoms with E-state index in [9.17, 15) is 15.0 Å². The third-order valence-corrected chi connectivity index (χ3v) is 3.92. The van der Waals surface area contributed by atoms with Gasteiger partial charge in [0.2, 0.25) is 5.91 Å². The van der Waals surface area contributed by atoms with Crippen LogP contribution in [0.15, 0.2) is 48.7 Å². The van der Waals surface area contributed by atoms with E-state index in [1.807, 2.05) is 0 Å². The summed E-state index contributed by atoms with van der Waals surface area (Å²) in [6.07, 6.45) is 0.908. The molecule has 0 radical (unpaired) electrons. The quantitative estimate of drug-likeness (QED) is 0.330. The van der Waals surface area contributed by atoms with Crippen LogP contribution in [0.5, 0.6) is 11.5 Å². The Bertz CT molecular complexity index is 816. The largest absolute Gasteiger partial charge is 0.508 e. The first-order chi connectivity index (χ1) is 11.4. The van der Waals surface area contributed by atoms with Crippen molar-refractivity contribution in [2.24, 2.45) is 0 Å². The minimum atomic E-state index is -1.76. The molecule has 0 spiro atoms. The van der Waals surface area contributed by atoms with E-state index in [0.29, 0.717) is 28.1 Å². The first kappa shape index (κ1) is 15.9. The smallest absolute Gasteiger partial charge is 0.246 e. The van der Waals surface area contributed by atoms with E-state index in [2.05, 4.69) is 0 Å². The van der Waals surface area contributed by atoms with Gasteiger partial charge in [-0.1, -0.05) is 12.1 Å². The monoisotopic (exact) mass is 328 g/mol. The van der Waals surface area contributed by atoms with Gasteiger partial charge in [0, 0.05) is 16.8 Å². The number of anilines is 1. The highest BCUT2D eigenvalue weighted by molar-refractivity contribution is 5.85. The Kier molecular flexibility index (Phi) is 3.88. The van der Waals surface area contributed by atoms with Crippen LogP contribution in [-0.4, -0.2) is 21.3 Å². The summed E-state index contributed by atoms with van der Waals surface area (Å²) >= 11 is 0. The number of ether oxygens (including phenoxy) is 1. The van der Waals surface area contributed by atoms with Crippen molar-refractivity contribution >= 4 is 17.2 Å². The standard InChI is InChI=1S/C17H16N2O5/c18-11-3-6-15-13(7-11)17(22,8-16(21)19-23)14(9-24-15)10-1-4-12(20)5-2-10/h1-7,9,20,22-23H,8,18H2,(H,19,21). The SMILES string of the molecule is Nc1ccc2c(c1)C(O)(CC(=O)NO)C(c1ccc(O)cc1)=CO2. The molecule has 1 heterocycles. The third-order valence-electron chi connectivity index (χ3n) is 3.92. The Morgan fingerprint density at radius 1 is 1.21 bits per heavy atom. The number of carbonyl (C=O) groups is 1. The van der Waals surface area contributed by atoms with Gasteiger partial charge in [-0.2, -0.15) is 0 Å². The van der Waals surface area contributed by atoms with E-state index in [1.165, 1.54) is 29.9 Å². The lowest BCUT2D eigenvalue weighted by Crippen LogP contribution is -2.37. The number of phenolic OH excluding ortho intramolecular Hbond substituents is 1. The molecule has 1 amide bonds. The summed E-state index contributed by atoms with van der Waals surface area (Å²) in [6.45, 7) is 0. The number of carbonyl (C=O) groups excluding carboxylic acids is 1. The molecular weight excluding hydrogens is 312 g/mol. The lowest BCUT2D eigenvalue weighted by Gasteiger charge is -2.35. The maximum Gasteiger partial charge on any atom is 0.246 e. The zero-order valence-electron chi connectivity index (χ0n) is 12.6. The predicted molar refractivity (Wildman–Crippen MR) is 86.0 cm³/mol. The number of fused-ring (bicyclic) bond motifs is 1. The summed E-state index contributed by atoms with van der Waals surface area (Å²) in [5, 5.41) is 29.6. The Morgan fingerprint density at radius 3 is 2.58 bits per heavy atom. The Balaban J connectivity index is 2.15. The average Bonchev–Trinajstić information content (AvgIpc) is 2.57. The van der Waals surface area contributed by atoms with Crippen LogP contribution in [-0.2, 0) is 10.4 Å². The molecule has 6 N–H and O–H groups in total. The first-order valence-corrected chi connectivity index (χ1v) is 7.16. The van der Waals surface area contributed by atoms with Crippen molar-refractivity contribution in [2.75, 3.05) is 5.73 Å². The lowest BCUT2D eigenvalue weighted by atomic mass is 9.78. The van der Waals surface area contributed by atoms with Crippen molar-refractivity contribution in [3.05, 3.63) is 59.9 Å². The molecule has 3 rings (SSSR count).